The fourth-order valence-corrected chi connectivity index (χ4v) is 5.33. The summed E-state index contributed by atoms with van der Waals surface area (Å²) < 4.78 is 7.79. The molecule has 0 radical (unpaired) electrons. The van der Waals surface area contributed by atoms with Crippen molar-refractivity contribution in [2.75, 3.05) is 13.1 Å². The van der Waals surface area contributed by atoms with E-state index >= 15 is 0 Å². The van der Waals surface area contributed by atoms with Gasteiger partial charge in [-0.2, -0.15) is 10.1 Å². The van der Waals surface area contributed by atoms with E-state index in [1.165, 1.54) is 18.2 Å². The van der Waals surface area contributed by atoms with Gasteiger partial charge in [0.2, 0.25) is 0 Å². The third-order valence-corrected chi connectivity index (χ3v) is 7.14. The maximum Gasteiger partial charge on any atom is 0.286 e. The first-order chi connectivity index (χ1) is 17.0. The molecule has 0 saturated carbocycles. The smallest absolute Gasteiger partial charge is 0.286 e. The third-order valence-electron chi connectivity index (χ3n) is 6.10. The maximum atomic E-state index is 12.8. The molecule has 2 aliphatic heterocycles. The molecule has 7 heteroatoms. The number of hydrogen-bond acceptors (Lipinski definition) is 5. The Morgan fingerprint density at radius 2 is 1.83 bits per heavy atom. The molecule has 2 aromatic carbocycles. The van der Waals surface area contributed by atoms with Crippen LogP contribution in [0, 0.1) is 6.92 Å². The lowest BCUT2D eigenvalue weighted by Gasteiger charge is -2.27. The molecular formula is C28H30N4O2S. The highest BCUT2D eigenvalue weighted by molar-refractivity contribution is 8.18. The molecule has 0 aliphatic carbocycles. The molecule has 0 N–H and O–H groups in total. The Balaban J connectivity index is 1.51. The Labute approximate surface area is 210 Å². The Kier molecular flexibility index (Phi) is 6.77. The second-order valence-electron chi connectivity index (χ2n) is 9.22. The van der Waals surface area contributed by atoms with Crippen molar-refractivity contribution in [3.05, 3.63) is 70.8 Å². The van der Waals surface area contributed by atoms with Gasteiger partial charge in [0.25, 0.3) is 5.91 Å². The van der Waals surface area contributed by atoms with Gasteiger partial charge in [-0.05, 0) is 93.8 Å². The SMILES string of the molecule is Cc1cc(-c2nn(-c3ccccc3)cc2/C=C2\SC(N3CCCCC3)=NC2=O)ccc1OC(C)C. The number of aryl methyl sites for hydroxylation is 1. The van der Waals surface area contributed by atoms with E-state index in [9.17, 15) is 4.79 Å². The molecule has 0 atom stereocenters. The topological polar surface area (TPSA) is 59.7 Å². The van der Waals surface area contributed by atoms with Crippen molar-refractivity contribution in [2.24, 2.45) is 4.99 Å². The molecule has 180 valence electrons. The fourth-order valence-electron chi connectivity index (χ4n) is 4.37. The molecule has 2 aliphatic rings. The molecule has 6 nitrogen and oxygen atoms in total. The number of para-hydroxylation sites is 1. The lowest BCUT2D eigenvalue weighted by Crippen LogP contribution is -2.33. The number of carbonyl (C=O) groups is 1. The second kappa shape index (κ2) is 10.1. The van der Waals surface area contributed by atoms with Gasteiger partial charge in [0, 0.05) is 30.4 Å². The van der Waals surface area contributed by atoms with Crippen LogP contribution in [0.3, 0.4) is 0 Å². The summed E-state index contributed by atoms with van der Waals surface area (Å²) >= 11 is 1.47. The first-order valence-electron chi connectivity index (χ1n) is 12.2. The zero-order chi connectivity index (χ0) is 24.4. The molecule has 0 bridgehead atoms. The van der Waals surface area contributed by atoms with E-state index in [0.29, 0.717) is 4.91 Å². The van der Waals surface area contributed by atoms with Crippen molar-refractivity contribution in [1.29, 1.82) is 0 Å². The zero-order valence-corrected chi connectivity index (χ0v) is 21.2. The number of aliphatic imine (C=N–C) groups is 1. The molecular weight excluding hydrogens is 456 g/mol. The molecule has 3 aromatic rings. The highest BCUT2D eigenvalue weighted by Crippen LogP contribution is 2.35. The highest BCUT2D eigenvalue weighted by atomic mass is 32.2. The molecule has 3 heterocycles. The number of benzene rings is 2. The average molecular weight is 487 g/mol. The Bertz CT molecular complexity index is 1290. The van der Waals surface area contributed by atoms with Gasteiger partial charge in [-0.3, -0.25) is 4.79 Å². The number of amides is 1. The summed E-state index contributed by atoms with van der Waals surface area (Å²) in [5.74, 6) is 0.693. The average Bonchev–Trinajstić information content (AvgIpc) is 3.45. The summed E-state index contributed by atoms with van der Waals surface area (Å²) in [4.78, 5) is 20.0. The summed E-state index contributed by atoms with van der Waals surface area (Å²) in [6.07, 6.45) is 7.57. The van der Waals surface area contributed by atoms with Crippen LogP contribution in [-0.4, -0.2) is 44.9 Å². The van der Waals surface area contributed by atoms with Gasteiger partial charge in [-0.25, -0.2) is 4.68 Å². The number of ether oxygens (including phenoxy) is 1. The number of nitrogens with zero attached hydrogens (tertiary/aromatic N) is 4. The molecule has 1 saturated heterocycles. The van der Waals surface area contributed by atoms with Crippen molar-refractivity contribution in [3.63, 3.8) is 0 Å². The normalized spacial score (nSPS) is 17.4. The highest BCUT2D eigenvalue weighted by Gasteiger charge is 2.27. The van der Waals surface area contributed by atoms with Crippen LogP contribution in [0.2, 0.25) is 0 Å². The second-order valence-corrected chi connectivity index (χ2v) is 10.2. The molecule has 35 heavy (non-hydrogen) atoms. The predicted octanol–water partition coefficient (Wildman–Crippen LogP) is 6.09. The third kappa shape index (κ3) is 5.20. The lowest BCUT2D eigenvalue weighted by molar-refractivity contribution is -0.113. The Morgan fingerprint density at radius 3 is 2.54 bits per heavy atom. The van der Waals surface area contributed by atoms with Crippen LogP contribution >= 0.6 is 11.8 Å². The van der Waals surface area contributed by atoms with Crippen LogP contribution in [0.25, 0.3) is 23.0 Å². The number of likely N-dealkylation sites (tertiary alicyclic amines) is 1. The molecule has 0 spiro atoms. The first-order valence-corrected chi connectivity index (χ1v) is 13.0. The summed E-state index contributed by atoms with van der Waals surface area (Å²) in [6.45, 7) is 8.02. The lowest BCUT2D eigenvalue weighted by atomic mass is 10.0. The van der Waals surface area contributed by atoms with E-state index in [2.05, 4.69) is 16.0 Å². The monoisotopic (exact) mass is 486 g/mol. The van der Waals surface area contributed by atoms with Crippen LogP contribution in [-0.2, 0) is 4.79 Å². The minimum atomic E-state index is -0.175. The molecule has 5 rings (SSSR count). The van der Waals surface area contributed by atoms with Gasteiger partial charge >= 0.3 is 0 Å². The van der Waals surface area contributed by atoms with Crippen molar-refractivity contribution in [1.82, 2.24) is 14.7 Å². The molecule has 1 aromatic heterocycles. The summed E-state index contributed by atoms with van der Waals surface area (Å²) in [7, 11) is 0. The predicted molar refractivity (Wildman–Crippen MR) is 143 cm³/mol. The van der Waals surface area contributed by atoms with E-state index in [1.54, 1.807) is 0 Å². The van der Waals surface area contributed by atoms with Crippen LogP contribution in [0.1, 0.15) is 44.2 Å². The van der Waals surface area contributed by atoms with Crippen LogP contribution in [0.5, 0.6) is 5.75 Å². The minimum Gasteiger partial charge on any atom is -0.491 e. The largest absolute Gasteiger partial charge is 0.491 e. The molecule has 0 unspecified atom stereocenters. The summed E-state index contributed by atoms with van der Waals surface area (Å²) in [5.41, 5.74) is 4.70. The van der Waals surface area contributed by atoms with Crippen molar-refractivity contribution < 1.29 is 9.53 Å². The van der Waals surface area contributed by atoms with Crippen molar-refractivity contribution in [2.45, 2.75) is 46.1 Å². The van der Waals surface area contributed by atoms with Gasteiger partial charge in [0.15, 0.2) is 5.17 Å². The van der Waals surface area contributed by atoms with E-state index in [0.717, 1.165) is 64.9 Å². The van der Waals surface area contributed by atoms with E-state index in [-0.39, 0.29) is 12.0 Å². The minimum absolute atomic E-state index is 0.108. The number of aromatic nitrogens is 2. The van der Waals surface area contributed by atoms with Gasteiger partial charge in [0.05, 0.1) is 16.7 Å². The van der Waals surface area contributed by atoms with Crippen LogP contribution in [0.4, 0.5) is 0 Å². The van der Waals surface area contributed by atoms with Gasteiger partial charge < -0.3 is 9.64 Å². The van der Waals surface area contributed by atoms with E-state index in [4.69, 9.17) is 9.84 Å². The quantitative estimate of drug-likeness (QED) is 0.408. The first kappa shape index (κ1) is 23.4. The van der Waals surface area contributed by atoms with Gasteiger partial charge in [-0.15, -0.1) is 0 Å². The number of amidine groups is 1. The van der Waals surface area contributed by atoms with E-state index in [1.807, 2.05) is 80.2 Å². The zero-order valence-electron chi connectivity index (χ0n) is 20.4. The van der Waals surface area contributed by atoms with Gasteiger partial charge in [0.1, 0.15) is 11.4 Å². The number of hydrogen-bond donors (Lipinski definition) is 0. The summed E-state index contributed by atoms with van der Waals surface area (Å²) in [6, 6.07) is 16.1. The number of carbonyl (C=O) groups excluding carboxylic acids is 1. The number of rotatable bonds is 5. The maximum absolute atomic E-state index is 12.8. The molecule has 1 amide bonds. The van der Waals surface area contributed by atoms with Crippen molar-refractivity contribution in [3.8, 4) is 22.7 Å². The number of thioether (sulfide) groups is 1. The Hall–Kier alpha value is -3.32. The fraction of sp³-hybridized carbons (Fsp3) is 0.321. The van der Waals surface area contributed by atoms with E-state index < -0.39 is 0 Å². The van der Waals surface area contributed by atoms with Gasteiger partial charge in [-0.1, -0.05) is 18.2 Å². The van der Waals surface area contributed by atoms with Crippen LogP contribution in [0.15, 0.2) is 64.6 Å². The number of piperidine rings is 1. The van der Waals surface area contributed by atoms with Crippen molar-refractivity contribution >= 4 is 28.9 Å². The van der Waals surface area contributed by atoms with Crippen LogP contribution < -0.4 is 4.74 Å². The Morgan fingerprint density at radius 1 is 1.06 bits per heavy atom. The molecule has 1 fully saturated rings. The summed E-state index contributed by atoms with van der Waals surface area (Å²) in [5, 5.41) is 5.74. The standard InChI is InChI=1S/C28H30N4O2S/c1-19(2)34-24-13-12-21(16-20(24)3)26-22(18-32(30-26)23-10-6-4-7-11-23)17-25-27(33)29-28(35-25)31-14-8-5-9-15-31/h4,6-7,10-13,16-19H,5,8-9,14-15H2,1-3H3/b25-17-.